The standard InChI is InChI=1S/C22H24ClF5N2S/c1-29-16-22(20-15-19(8-9-21(20)29)31(24,25,26,27)28)10-13-30(14-11-22)12-2-3-17-4-6-18(23)7-5-17/h2-9,15H,10-14,16H2,1H3/b3-2+. The summed E-state index contributed by atoms with van der Waals surface area (Å²) in [6.45, 7) is 2.64. The number of anilines is 1. The van der Waals surface area contributed by atoms with Crippen LogP contribution < -0.4 is 4.90 Å². The van der Waals surface area contributed by atoms with Gasteiger partial charge in [-0.25, -0.2) is 0 Å². The maximum Gasteiger partial charge on any atom is 0.310 e. The monoisotopic (exact) mass is 478 g/mol. The molecule has 31 heavy (non-hydrogen) atoms. The summed E-state index contributed by atoms with van der Waals surface area (Å²) in [6.07, 6.45) is 5.30. The van der Waals surface area contributed by atoms with E-state index in [0.29, 0.717) is 67.4 Å². The van der Waals surface area contributed by atoms with E-state index < -0.39 is 20.5 Å². The van der Waals surface area contributed by atoms with Crippen molar-refractivity contribution in [1.29, 1.82) is 0 Å². The minimum absolute atomic E-state index is 0.400. The van der Waals surface area contributed by atoms with Gasteiger partial charge in [0.05, 0.1) is 0 Å². The van der Waals surface area contributed by atoms with Gasteiger partial charge in [-0.3, -0.25) is 4.90 Å². The molecule has 1 saturated heterocycles. The molecule has 2 aromatic rings. The summed E-state index contributed by atoms with van der Waals surface area (Å²) in [7, 11) is -7.91. The summed E-state index contributed by atoms with van der Waals surface area (Å²) in [5.41, 5.74) is 1.52. The van der Waals surface area contributed by atoms with Gasteiger partial charge in [0.25, 0.3) is 0 Å². The topological polar surface area (TPSA) is 6.48 Å². The van der Waals surface area contributed by atoms with Gasteiger partial charge in [-0.2, -0.15) is 0 Å². The van der Waals surface area contributed by atoms with E-state index in [1.54, 1.807) is 7.05 Å². The minimum atomic E-state index is -9.71. The van der Waals surface area contributed by atoms with Gasteiger partial charge in [-0.05, 0) is 67.4 Å². The lowest BCUT2D eigenvalue weighted by Gasteiger charge is -2.42. The van der Waals surface area contributed by atoms with E-state index >= 15 is 0 Å². The van der Waals surface area contributed by atoms with Crippen molar-refractivity contribution in [2.75, 3.05) is 38.1 Å². The highest BCUT2D eigenvalue weighted by Crippen LogP contribution is 3.02. The van der Waals surface area contributed by atoms with E-state index in [-0.39, 0.29) is 0 Å². The number of halogens is 6. The Bertz CT molecular complexity index is 1010. The van der Waals surface area contributed by atoms with Crippen molar-refractivity contribution in [3.63, 3.8) is 0 Å². The quantitative estimate of drug-likeness (QED) is 0.420. The van der Waals surface area contributed by atoms with Crippen LogP contribution in [-0.2, 0) is 5.41 Å². The van der Waals surface area contributed by atoms with Gasteiger partial charge < -0.3 is 4.90 Å². The normalized spacial score (nSPS) is 21.3. The fourth-order valence-corrected chi connectivity index (χ4v) is 5.43. The van der Waals surface area contributed by atoms with Gasteiger partial charge in [0.2, 0.25) is 0 Å². The van der Waals surface area contributed by atoms with Gasteiger partial charge in [0.1, 0.15) is 4.90 Å². The number of fused-ring (bicyclic) bond motifs is 2. The Morgan fingerprint density at radius 1 is 1.00 bits per heavy atom. The summed E-state index contributed by atoms with van der Waals surface area (Å²) < 4.78 is 67.0. The average molecular weight is 479 g/mol. The van der Waals surface area contributed by atoms with Crippen LogP contribution in [-0.4, -0.2) is 38.1 Å². The van der Waals surface area contributed by atoms with Gasteiger partial charge in [-0.15, -0.1) is 0 Å². The van der Waals surface area contributed by atoms with Crippen LogP contribution in [0.25, 0.3) is 6.08 Å². The zero-order valence-corrected chi connectivity index (χ0v) is 18.6. The van der Waals surface area contributed by atoms with Crippen LogP contribution in [0.2, 0.25) is 5.02 Å². The zero-order chi connectivity index (χ0) is 22.6. The molecule has 2 aliphatic heterocycles. The molecule has 0 atom stereocenters. The van der Waals surface area contributed by atoms with Crippen LogP contribution in [0.1, 0.15) is 24.0 Å². The first-order valence-electron chi connectivity index (χ1n) is 10.0. The van der Waals surface area contributed by atoms with E-state index in [1.165, 1.54) is 6.07 Å². The Morgan fingerprint density at radius 2 is 1.65 bits per heavy atom. The molecule has 2 aromatic carbocycles. The summed E-state index contributed by atoms with van der Waals surface area (Å²) in [6, 6.07) is 9.90. The lowest BCUT2D eigenvalue weighted by molar-refractivity contribution is 0.181. The molecule has 0 amide bonds. The second-order valence-electron chi connectivity index (χ2n) is 8.54. The van der Waals surface area contributed by atoms with E-state index in [0.717, 1.165) is 5.56 Å². The van der Waals surface area contributed by atoms with Crippen LogP contribution in [0.3, 0.4) is 0 Å². The number of rotatable bonds is 4. The highest BCUT2D eigenvalue weighted by molar-refractivity contribution is 8.45. The molecule has 0 unspecified atom stereocenters. The molecule has 1 spiro atoms. The number of hydrogen-bond donors (Lipinski definition) is 0. The van der Waals surface area contributed by atoms with Crippen LogP contribution >= 0.6 is 21.8 Å². The number of likely N-dealkylation sites (tertiary alicyclic amines) is 1. The third-order valence-electron chi connectivity index (χ3n) is 6.29. The van der Waals surface area contributed by atoms with Crippen LogP contribution in [0.5, 0.6) is 0 Å². The molecule has 170 valence electrons. The average Bonchev–Trinajstić information content (AvgIpc) is 2.95. The molecular formula is C22H24ClF5N2S. The Morgan fingerprint density at radius 3 is 2.26 bits per heavy atom. The van der Waals surface area contributed by atoms with Crippen LogP contribution in [0.15, 0.2) is 53.4 Å². The van der Waals surface area contributed by atoms with Gasteiger partial charge >= 0.3 is 10.2 Å². The zero-order valence-electron chi connectivity index (χ0n) is 17.0. The second-order valence-corrected chi connectivity index (χ2v) is 11.4. The molecule has 0 N–H and O–H groups in total. The first-order chi connectivity index (χ1) is 14.3. The van der Waals surface area contributed by atoms with Crippen LogP contribution in [0, 0.1) is 0 Å². The van der Waals surface area contributed by atoms with E-state index in [1.807, 2.05) is 41.3 Å². The predicted octanol–water partition coefficient (Wildman–Crippen LogP) is 7.49. The summed E-state index contributed by atoms with van der Waals surface area (Å²) in [4.78, 5) is 2.31. The Kier molecular flexibility index (Phi) is 4.96. The maximum atomic E-state index is 13.4. The maximum absolute atomic E-state index is 13.4. The molecule has 0 bridgehead atoms. The summed E-state index contributed by atoms with van der Waals surface area (Å²) in [5, 5.41) is 0.675. The molecule has 0 radical (unpaired) electrons. The first-order valence-corrected chi connectivity index (χ1v) is 12.3. The van der Waals surface area contributed by atoms with Crippen molar-refractivity contribution < 1.29 is 19.4 Å². The Balaban J connectivity index is 1.49. The minimum Gasteiger partial charge on any atom is -0.373 e. The SMILES string of the molecule is CN1CC2(CCN(C/C=C/c3ccc(Cl)cc3)CC2)c2cc(S(F)(F)(F)(F)F)ccc21. The molecule has 2 heterocycles. The molecule has 9 heteroatoms. The molecule has 1 fully saturated rings. The van der Waals surface area contributed by atoms with Crippen molar-refractivity contribution in [2.45, 2.75) is 23.2 Å². The number of nitrogens with zero attached hydrogens (tertiary/aromatic N) is 2. The molecule has 0 aliphatic carbocycles. The van der Waals surface area contributed by atoms with Gasteiger partial charge in [-0.1, -0.05) is 55.3 Å². The van der Waals surface area contributed by atoms with Crippen molar-refractivity contribution >= 4 is 33.6 Å². The molecule has 4 rings (SSSR count). The fourth-order valence-electron chi connectivity index (χ4n) is 4.64. The van der Waals surface area contributed by atoms with E-state index in [4.69, 9.17) is 11.6 Å². The lowest BCUT2D eigenvalue weighted by Crippen LogP contribution is -2.44. The van der Waals surface area contributed by atoms with Crippen LogP contribution in [0.4, 0.5) is 25.1 Å². The van der Waals surface area contributed by atoms with E-state index in [9.17, 15) is 19.4 Å². The van der Waals surface area contributed by atoms with Crippen molar-refractivity contribution in [1.82, 2.24) is 4.90 Å². The molecular weight excluding hydrogens is 455 g/mol. The number of piperidine rings is 1. The highest BCUT2D eigenvalue weighted by Gasteiger charge is 2.66. The third-order valence-corrected chi connectivity index (χ3v) is 7.69. The van der Waals surface area contributed by atoms with Gasteiger partial charge in [0.15, 0.2) is 0 Å². The summed E-state index contributed by atoms with van der Waals surface area (Å²) in [5.74, 6) is 0. The molecule has 2 aliphatic rings. The molecule has 0 aromatic heterocycles. The number of likely N-dealkylation sites (N-methyl/N-ethyl adjacent to an activating group) is 1. The predicted molar refractivity (Wildman–Crippen MR) is 119 cm³/mol. The second kappa shape index (κ2) is 6.86. The van der Waals surface area contributed by atoms with Crippen molar-refractivity contribution in [3.05, 3.63) is 64.7 Å². The largest absolute Gasteiger partial charge is 0.373 e. The number of hydrogen-bond acceptors (Lipinski definition) is 2. The lowest BCUT2D eigenvalue weighted by atomic mass is 9.74. The van der Waals surface area contributed by atoms with Crippen molar-refractivity contribution in [3.8, 4) is 0 Å². The van der Waals surface area contributed by atoms with Crippen molar-refractivity contribution in [2.24, 2.45) is 0 Å². The van der Waals surface area contributed by atoms with E-state index in [2.05, 4.69) is 4.90 Å². The molecule has 2 nitrogen and oxygen atoms in total. The Labute approximate surface area is 184 Å². The summed E-state index contributed by atoms with van der Waals surface area (Å²) >= 11 is 5.89. The fraction of sp³-hybridized carbons (Fsp3) is 0.364. The highest BCUT2D eigenvalue weighted by atomic mass is 35.5. The Hall–Kier alpha value is -1.77. The smallest absolute Gasteiger partial charge is 0.310 e. The first kappa shape index (κ1) is 22.4. The molecule has 0 saturated carbocycles. The number of benzene rings is 2. The third kappa shape index (κ3) is 4.71. The van der Waals surface area contributed by atoms with Gasteiger partial charge in [0, 0.05) is 36.3 Å².